The largest absolute Gasteiger partial charge is 0.358 e. The predicted molar refractivity (Wildman–Crippen MR) is 122 cm³/mol. The van der Waals surface area contributed by atoms with E-state index in [9.17, 15) is 0 Å². The SMILES string of the molecule is CCNC(=NCCc1noc(-c2ccccn2)n1)NCCc1c(C)[nH]c2ccccc12. The fraction of sp³-hybridized carbons (Fsp3) is 0.304. The lowest BCUT2D eigenvalue weighted by Gasteiger charge is -2.11. The van der Waals surface area contributed by atoms with Gasteiger partial charge in [-0.2, -0.15) is 4.98 Å². The van der Waals surface area contributed by atoms with Gasteiger partial charge < -0.3 is 20.1 Å². The summed E-state index contributed by atoms with van der Waals surface area (Å²) in [6.45, 7) is 6.32. The molecule has 31 heavy (non-hydrogen) atoms. The number of guanidine groups is 1. The Morgan fingerprint density at radius 3 is 2.81 bits per heavy atom. The Labute approximate surface area is 181 Å². The molecule has 1 aromatic carbocycles. The zero-order valence-corrected chi connectivity index (χ0v) is 17.9. The molecule has 0 amide bonds. The van der Waals surface area contributed by atoms with E-state index in [-0.39, 0.29) is 0 Å². The molecule has 0 radical (unpaired) electrons. The molecule has 4 aromatic rings. The number of aromatic nitrogens is 4. The second-order valence-corrected chi connectivity index (χ2v) is 7.19. The lowest BCUT2D eigenvalue weighted by Crippen LogP contribution is -2.38. The van der Waals surface area contributed by atoms with Crippen LogP contribution in [0.1, 0.15) is 24.0 Å². The standard InChI is InChI=1S/C23H27N7O/c1-3-24-23(26-14-11-17-16(2)28-19-9-5-4-8-18(17)19)27-15-12-21-29-22(31-30-21)20-10-6-7-13-25-20/h4-10,13,28H,3,11-12,14-15H2,1-2H3,(H2,24,26,27). The van der Waals surface area contributed by atoms with Crippen molar-refractivity contribution in [1.29, 1.82) is 0 Å². The highest BCUT2D eigenvalue weighted by molar-refractivity contribution is 5.84. The summed E-state index contributed by atoms with van der Waals surface area (Å²) in [5, 5.41) is 12.0. The van der Waals surface area contributed by atoms with Gasteiger partial charge >= 0.3 is 0 Å². The molecule has 0 aliphatic heterocycles. The summed E-state index contributed by atoms with van der Waals surface area (Å²) < 4.78 is 5.30. The van der Waals surface area contributed by atoms with Gasteiger partial charge in [0.05, 0.1) is 0 Å². The van der Waals surface area contributed by atoms with Crippen LogP contribution in [0.4, 0.5) is 0 Å². The minimum Gasteiger partial charge on any atom is -0.358 e. The lowest BCUT2D eigenvalue weighted by atomic mass is 10.1. The first-order valence-corrected chi connectivity index (χ1v) is 10.6. The number of aryl methyl sites for hydroxylation is 1. The van der Waals surface area contributed by atoms with Crippen LogP contribution in [0.3, 0.4) is 0 Å². The number of para-hydroxylation sites is 1. The summed E-state index contributed by atoms with van der Waals surface area (Å²) in [6.07, 6.45) is 3.21. The third-order valence-corrected chi connectivity index (χ3v) is 5.00. The second-order valence-electron chi connectivity index (χ2n) is 7.19. The van der Waals surface area contributed by atoms with E-state index in [0.29, 0.717) is 30.4 Å². The minimum atomic E-state index is 0.429. The maximum Gasteiger partial charge on any atom is 0.276 e. The van der Waals surface area contributed by atoms with Gasteiger partial charge in [-0.3, -0.25) is 9.98 Å². The van der Waals surface area contributed by atoms with Crippen LogP contribution in [0.2, 0.25) is 0 Å². The van der Waals surface area contributed by atoms with Gasteiger partial charge in [0.2, 0.25) is 0 Å². The molecule has 0 atom stereocenters. The van der Waals surface area contributed by atoms with Crippen LogP contribution in [0.25, 0.3) is 22.5 Å². The van der Waals surface area contributed by atoms with Gasteiger partial charge in [-0.05, 0) is 44.0 Å². The maximum atomic E-state index is 5.30. The van der Waals surface area contributed by atoms with E-state index in [1.165, 1.54) is 22.2 Å². The molecule has 3 N–H and O–H groups in total. The molecule has 0 fully saturated rings. The van der Waals surface area contributed by atoms with Crippen molar-refractivity contribution in [3.8, 4) is 11.6 Å². The van der Waals surface area contributed by atoms with Crippen LogP contribution in [-0.2, 0) is 12.8 Å². The van der Waals surface area contributed by atoms with Crippen molar-refractivity contribution in [3.05, 3.63) is 65.7 Å². The average molecular weight is 418 g/mol. The number of fused-ring (bicyclic) bond motifs is 1. The van der Waals surface area contributed by atoms with Gasteiger partial charge in [0.25, 0.3) is 5.89 Å². The molecule has 0 aliphatic carbocycles. The zero-order chi connectivity index (χ0) is 21.5. The Bertz CT molecular complexity index is 1150. The number of aliphatic imine (C=N–C) groups is 1. The number of nitrogens with one attached hydrogen (secondary N) is 3. The molecule has 160 valence electrons. The highest BCUT2D eigenvalue weighted by Crippen LogP contribution is 2.21. The van der Waals surface area contributed by atoms with Crippen LogP contribution in [0.15, 0.2) is 58.2 Å². The highest BCUT2D eigenvalue weighted by Gasteiger charge is 2.10. The summed E-state index contributed by atoms with van der Waals surface area (Å²) in [6, 6.07) is 14.0. The summed E-state index contributed by atoms with van der Waals surface area (Å²) in [5.74, 6) is 1.84. The van der Waals surface area contributed by atoms with E-state index >= 15 is 0 Å². The van der Waals surface area contributed by atoms with Crippen molar-refractivity contribution in [2.45, 2.75) is 26.7 Å². The Balaban J connectivity index is 1.32. The van der Waals surface area contributed by atoms with Crippen molar-refractivity contribution < 1.29 is 4.52 Å². The van der Waals surface area contributed by atoms with Crippen molar-refractivity contribution in [3.63, 3.8) is 0 Å². The molecule has 3 aromatic heterocycles. The van der Waals surface area contributed by atoms with Gasteiger partial charge in [-0.1, -0.05) is 29.4 Å². The Kier molecular flexibility index (Phi) is 6.56. The van der Waals surface area contributed by atoms with Crippen molar-refractivity contribution in [2.24, 2.45) is 4.99 Å². The van der Waals surface area contributed by atoms with E-state index in [0.717, 1.165) is 25.5 Å². The molecular weight excluding hydrogens is 390 g/mol. The molecule has 0 saturated heterocycles. The van der Waals surface area contributed by atoms with Crippen LogP contribution >= 0.6 is 0 Å². The van der Waals surface area contributed by atoms with E-state index in [1.807, 2.05) is 18.2 Å². The van der Waals surface area contributed by atoms with E-state index in [4.69, 9.17) is 4.52 Å². The van der Waals surface area contributed by atoms with Gasteiger partial charge in [-0.15, -0.1) is 0 Å². The Morgan fingerprint density at radius 1 is 1.10 bits per heavy atom. The van der Waals surface area contributed by atoms with E-state index in [1.54, 1.807) is 6.20 Å². The predicted octanol–water partition coefficient (Wildman–Crippen LogP) is 3.26. The van der Waals surface area contributed by atoms with Crippen molar-refractivity contribution in [1.82, 2.24) is 30.7 Å². The number of hydrogen-bond donors (Lipinski definition) is 3. The first kappa shape index (κ1) is 20.6. The molecular formula is C23H27N7O. The molecule has 0 spiro atoms. The zero-order valence-electron chi connectivity index (χ0n) is 17.9. The quantitative estimate of drug-likeness (QED) is 0.300. The summed E-state index contributed by atoms with van der Waals surface area (Å²) in [5.41, 5.74) is 4.41. The number of aromatic amines is 1. The van der Waals surface area contributed by atoms with Crippen LogP contribution in [0, 0.1) is 6.92 Å². The molecule has 0 saturated carbocycles. The van der Waals surface area contributed by atoms with E-state index in [2.05, 4.69) is 73.8 Å². The summed E-state index contributed by atoms with van der Waals surface area (Å²) >= 11 is 0. The number of benzene rings is 1. The van der Waals surface area contributed by atoms with Crippen LogP contribution in [0.5, 0.6) is 0 Å². The Hall–Kier alpha value is -3.68. The average Bonchev–Trinajstić information content (AvgIpc) is 3.39. The summed E-state index contributed by atoms with van der Waals surface area (Å²) in [7, 11) is 0. The number of H-pyrrole nitrogens is 1. The fourth-order valence-electron chi connectivity index (χ4n) is 3.52. The monoisotopic (exact) mass is 417 g/mol. The lowest BCUT2D eigenvalue weighted by molar-refractivity contribution is 0.421. The third-order valence-electron chi connectivity index (χ3n) is 5.00. The van der Waals surface area contributed by atoms with Gasteiger partial charge in [-0.25, -0.2) is 0 Å². The number of nitrogens with zero attached hydrogens (tertiary/aromatic N) is 4. The smallest absolute Gasteiger partial charge is 0.276 e. The number of pyridine rings is 1. The molecule has 0 unspecified atom stereocenters. The van der Waals surface area contributed by atoms with Crippen molar-refractivity contribution >= 4 is 16.9 Å². The van der Waals surface area contributed by atoms with Gasteiger partial charge in [0.1, 0.15) is 5.69 Å². The minimum absolute atomic E-state index is 0.429. The van der Waals surface area contributed by atoms with Gasteiger partial charge in [0, 0.05) is 48.8 Å². The molecule has 8 nitrogen and oxygen atoms in total. The number of hydrogen-bond acceptors (Lipinski definition) is 5. The van der Waals surface area contributed by atoms with E-state index < -0.39 is 0 Å². The topological polar surface area (TPSA) is 104 Å². The molecule has 4 rings (SSSR count). The second kappa shape index (κ2) is 9.88. The first-order valence-electron chi connectivity index (χ1n) is 10.6. The van der Waals surface area contributed by atoms with Gasteiger partial charge in [0.15, 0.2) is 11.8 Å². The fourth-order valence-corrected chi connectivity index (χ4v) is 3.52. The van der Waals surface area contributed by atoms with Crippen LogP contribution < -0.4 is 10.6 Å². The summed E-state index contributed by atoms with van der Waals surface area (Å²) in [4.78, 5) is 16.7. The van der Waals surface area contributed by atoms with Crippen molar-refractivity contribution in [2.75, 3.05) is 19.6 Å². The molecule has 0 aliphatic rings. The normalized spacial score (nSPS) is 11.7. The van der Waals surface area contributed by atoms with Crippen LogP contribution in [-0.4, -0.2) is 45.7 Å². The third kappa shape index (κ3) is 5.09. The molecule has 3 heterocycles. The number of rotatable bonds is 8. The molecule has 8 heteroatoms. The first-order chi connectivity index (χ1) is 15.2. The Morgan fingerprint density at radius 2 is 1.97 bits per heavy atom. The maximum absolute atomic E-state index is 5.30. The molecule has 0 bridgehead atoms. The highest BCUT2D eigenvalue weighted by atomic mass is 16.5.